The Morgan fingerprint density at radius 3 is 2.64 bits per heavy atom. The standard InChI is InChI=1S/C20H18BrN3S/c21-14-6-8-15(9-7-14)24-20(25)16-10-11-17-19(23-12-22-17)18(16)13-4-2-1-3-5-13/h1-9,12,16,18H,10-11H2,(H,22,23)(H,24,25)/t16-,18+/m1/s1. The van der Waals surface area contributed by atoms with E-state index in [1.807, 2.05) is 30.3 Å². The Hall–Kier alpha value is -1.98. The first-order chi connectivity index (χ1) is 12.2. The van der Waals surface area contributed by atoms with Gasteiger partial charge >= 0.3 is 0 Å². The van der Waals surface area contributed by atoms with E-state index in [-0.39, 0.29) is 11.8 Å². The number of nitrogens with zero attached hydrogens (tertiary/aromatic N) is 1. The van der Waals surface area contributed by atoms with Crippen molar-refractivity contribution in [3.05, 3.63) is 82.3 Å². The molecular formula is C20H18BrN3S. The van der Waals surface area contributed by atoms with Crippen LogP contribution >= 0.6 is 28.1 Å². The Kier molecular flexibility index (Phi) is 4.68. The van der Waals surface area contributed by atoms with Gasteiger partial charge in [-0.1, -0.05) is 58.5 Å². The summed E-state index contributed by atoms with van der Waals surface area (Å²) < 4.78 is 1.06. The molecule has 1 heterocycles. The number of aromatic amines is 1. The Labute approximate surface area is 161 Å². The fourth-order valence-corrected chi connectivity index (χ4v) is 4.19. The summed E-state index contributed by atoms with van der Waals surface area (Å²) in [5, 5.41) is 3.43. The summed E-state index contributed by atoms with van der Waals surface area (Å²) in [6, 6.07) is 18.7. The molecule has 1 aromatic heterocycles. The second kappa shape index (κ2) is 7.10. The van der Waals surface area contributed by atoms with Crippen molar-refractivity contribution in [3.63, 3.8) is 0 Å². The number of halogens is 1. The maximum absolute atomic E-state index is 5.81. The predicted molar refractivity (Wildman–Crippen MR) is 109 cm³/mol. The first-order valence-corrected chi connectivity index (χ1v) is 9.56. The molecule has 0 unspecified atom stereocenters. The first kappa shape index (κ1) is 16.5. The van der Waals surface area contributed by atoms with Gasteiger partial charge in [-0.2, -0.15) is 0 Å². The molecule has 0 spiro atoms. The van der Waals surface area contributed by atoms with Gasteiger partial charge in [0.25, 0.3) is 0 Å². The lowest BCUT2D eigenvalue weighted by molar-refractivity contribution is 0.513. The van der Waals surface area contributed by atoms with E-state index >= 15 is 0 Å². The fourth-order valence-electron chi connectivity index (χ4n) is 3.56. The zero-order valence-electron chi connectivity index (χ0n) is 13.6. The molecule has 0 aliphatic heterocycles. The van der Waals surface area contributed by atoms with Crippen LogP contribution in [0.1, 0.15) is 29.3 Å². The van der Waals surface area contributed by atoms with Crippen LogP contribution < -0.4 is 5.32 Å². The van der Waals surface area contributed by atoms with Crippen LogP contribution in [0.15, 0.2) is 65.4 Å². The largest absolute Gasteiger partial charge is 0.350 e. The average Bonchev–Trinajstić information content (AvgIpc) is 3.12. The van der Waals surface area contributed by atoms with Crippen LogP contribution in [-0.4, -0.2) is 15.0 Å². The van der Waals surface area contributed by atoms with Crippen molar-refractivity contribution >= 4 is 38.8 Å². The highest BCUT2D eigenvalue weighted by molar-refractivity contribution is 9.10. The number of anilines is 1. The maximum Gasteiger partial charge on any atom is 0.0925 e. The Morgan fingerprint density at radius 1 is 1.12 bits per heavy atom. The minimum atomic E-state index is 0.187. The van der Waals surface area contributed by atoms with Gasteiger partial charge in [-0.15, -0.1) is 0 Å². The fraction of sp³-hybridized carbons (Fsp3) is 0.200. The molecule has 4 rings (SSSR count). The van der Waals surface area contributed by atoms with E-state index in [4.69, 9.17) is 12.2 Å². The number of imidazole rings is 1. The van der Waals surface area contributed by atoms with Crippen molar-refractivity contribution in [3.8, 4) is 0 Å². The van der Waals surface area contributed by atoms with Crippen LogP contribution in [0.5, 0.6) is 0 Å². The topological polar surface area (TPSA) is 40.7 Å². The van der Waals surface area contributed by atoms with E-state index in [0.29, 0.717) is 0 Å². The molecule has 0 bridgehead atoms. The van der Waals surface area contributed by atoms with Gasteiger partial charge in [0.1, 0.15) is 0 Å². The number of benzene rings is 2. The summed E-state index contributed by atoms with van der Waals surface area (Å²) in [4.78, 5) is 8.79. The number of hydrogen-bond acceptors (Lipinski definition) is 2. The first-order valence-electron chi connectivity index (χ1n) is 8.36. The number of rotatable bonds is 3. The van der Waals surface area contributed by atoms with E-state index < -0.39 is 0 Å². The highest BCUT2D eigenvalue weighted by atomic mass is 79.9. The third-order valence-electron chi connectivity index (χ3n) is 4.76. The second-order valence-corrected chi connectivity index (χ2v) is 7.65. The molecule has 1 aliphatic rings. The SMILES string of the molecule is S=C(Nc1ccc(Br)cc1)[C@@H]1CCc2[nH]cnc2[C@H]1c1ccccc1. The van der Waals surface area contributed by atoms with Crippen LogP contribution in [0.25, 0.3) is 0 Å². The van der Waals surface area contributed by atoms with Crippen LogP contribution in [-0.2, 0) is 6.42 Å². The van der Waals surface area contributed by atoms with Crippen molar-refractivity contribution in [2.45, 2.75) is 18.8 Å². The summed E-state index contributed by atoms with van der Waals surface area (Å²) in [5.74, 6) is 0.420. The van der Waals surface area contributed by atoms with E-state index in [0.717, 1.165) is 33.7 Å². The van der Waals surface area contributed by atoms with Gasteiger partial charge in [-0.3, -0.25) is 0 Å². The monoisotopic (exact) mass is 411 g/mol. The summed E-state index contributed by atoms with van der Waals surface area (Å²) >= 11 is 9.28. The molecule has 2 aromatic carbocycles. The molecule has 2 atom stereocenters. The van der Waals surface area contributed by atoms with E-state index in [2.05, 4.69) is 55.5 Å². The zero-order valence-corrected chi connectivity index (χ0v) is 16.0. The molecule has 0 fully saturated rings. The number of H-pyrrole nitrogens is 1. The third-order valence-corrected chi connectivity index (χ3v) is 5.69. The zero-order chi connectivity index (χ0) is 17.2. The number of fused-ring (bicyclic) bond motifs is 1. The Bertz CT molecular complexity index is 873. The normalized spacial score (nSPS) is 19.2. The van der Waals surface area contributed by atoms with Crippen LogP contribution in [0.2, 0.25) is 0 Å². The molecule has 25 heavy (non-hydrogen) atoms. The molecule has 2 N–H and O–H groups in total. The number of thiocarbonyl (C=S) groups is 1. The lowest BCUT2D eigenvalue weighted by atomic mass is 9.75. The molecule has 5 heteroatoms. The molecule has 3 aromatic rings. The van der Waals surface area contributed by atoms with Crippen molar-refractivity contribution in [1.82, 2.24) is 9.97 Å². The summed E-state index contributed by atoms with van der Waals surface area (Å²) in [6.07, 6.45) is 3.79. The lowest BCUT2D eigenvalue weighted by Gasteiger charge is -2.32. The Balaban J connectivity index is 1.65. The smallest absolute Gasteiger partial charge is 0.0925 e. The van der Waals surface area contributed by atoms with Gasteiger partial charge in [0, 0.05) is 27.7 Å². The van der Waals surface area contributed by atoms with Crippen molar-refractivity contribution in [2.24, 2.45) is 5.92 Å². The summed E-state index contributed by atoms with van der Waals surface area (Å²) in [7, 11) is 0. The van der Waals surface area contributed by atoms with Gasteiger partial charge in [0.15, 0.2) is 0 Å². The van der Waals surface area contributed by atoms with Crippen LogP contribution in [0, 0.1) is 5.92 Å². The summed E-state index contributed by atoms with van der Waals surface area (Å²) in [5.41, 5.74) is 4.65. The minimum absolute atomic E-state index is 0.187. The highest BCUT2D eigenvalue weighted by Gasteiger charge is 2.35. The number of aryl methyl sites for hydroxylation is 1. The van der Waals surface area contributed by atoms with E-state index in [9.17, 15) is 0 Å². The molecular weight excluding hydrogens is 394 g/mol. The molecule has 0 saturated carbocycles. The van der Waals surface area contributed by atoms with Gasteiger partial charge in [-0.05, 0) is 42.7 Å². The van der Waals surface area contributed by atoms with Gasteiger partial charge in [0.2, 0.25) is 0 Å². The average molecular weight is 412 g/mol. The van der Waals surface area contributed by atoms with Crippen molar-refractivity contribution < 1.29 is 0 Å². The van der Waals surface area contributed by atoms with Crippen molar-refractivity contribution in [2.75, 3.05) is 5.32 Å². The third kappa shape index (κ3) is 3.39. The molecule has 0 saturated heterocycles. The number of nitrogens with one attached hydrogen (secondary N) is 2. The quantitative estimate of drug-likeness (QED) is 0.573. The summed E-state index contributed by atoms with van der Waals surface area (Å²) in [6.45, 7) is 0. The van der Waals surface area contributed by atoms with Gasteiger partial charge in [0.05, 0.1) is 17.0 Å². The molecule has 126 valence electrons. The van der Waals surface area contributed by atoms with Crippen molar-refractivity contribution in [1.29, 1.82) is 0 Å². The highest BCUT2D eigenvalue weighted by Crippen LogP contribution is 2.40. The second-order valence-electron chi connectivity index (χ2n) is 6.30. The predicted octanol–water partition coefficient (Wildman–Crippen LogP) is 5.31. The lowest BCUT2D eigenvalue weighted by Crippen LogP contribution is -2.31. The van der Waals surface area contributed by atoms with Crippen LogP contribution in [0.3, 0.4) is 0 Å². The Morgan fingerprint density at radius 2 is 1.88 bits per heavy atom. The molecule has 3 nitrogen and oxygen atoms in total. The van der Waals surface area contributed by atoms with E-state index in [1.54, 1.807) is 6.33 Å². The van der Waals surface area contributed by atoms with Gasteiger partial charge in [-0.25, -0.2) is 4.98 Å². The van der Waals surface area contributed by atoms with Crippen LogP contribution in [0.4, 0.5) is 5.69 Å². The molecule has 1 aliphatic carbocycles. The maximum atomic E-state index is 5.81. The molecule has 0 radical (unpaired) electrons. The molecule has 0 amide bonds. The minimum Gasteiger partial charge on any atom is -0.350 e. The number of aromatic nitrogens is 2. The van der Waals surface area contributed by atoms with E-state index in [1.165, 1.54) is 11.3 Å². The van der Waals surface area contributed by atoms with Gasteiger partial charge < -0.3 is 10.3 Å². The number of hydrogen-bond donors (Lipinski definition) is 2.